The molecule has 20 heavy (non-hydrogen) atoms. The molecule has 2 aromatic rings. The molecule has 0 amide bonds. The molecule has 3 nitrogen and oxygen atoms in total. The fourth-order valence-electron chi connectivity index (χ4n) is 1.86. The maximum Gasteiger partial charge on any atom is 0.184 e. The Kier molecular flexibility index (Phi) is 4.39. The molecular weight excluding hydrogens is 274 g/mol. The van der Waals surface area contributed by atoms with Gasteiger partial charge in [-0.1, -0.05) is 23.7 Å². The van der Waals surface area contributed by atoms with Crippen LogP contribution < -0.4 is 4.74 Å². The van der Waals surface area contributed by atoms with Crippen LogP contribution in [0.3, 0.4) is 0 Å². The Morgan fingerprint density at radius 2 is 1.75 bits per heavy atom. The minimum Gasteiger partial charge on any atom is -0.497 e. The molecule has 0 aliphatic heterocycles. The lowest BCUT2D eigenvalue weighted by molar-refractivity contribution is 0.0979. The van der Waals surface area contributed by atoms with Crippen LogP contribution in [0.25, 0.3) is 0 Å². The van der Waals surface area contributed by atoms with E-state index < -0.39 is 5.92 Å². The van der Waals surface area contributed by atoms with Gasteiger partial charge in [-0.05, 0) is 42.0 Å². The highest BCUT2D eigenvalue weighted by Gasteiger charge is 2.21. The van der Waals surface area contributed by atoms with Crippen LogP contribution in [0.1, 0.15) is 21.8 Å². The lowest BCUT2D eigenvalue weighted by Crippen LogP contribution is -2.11. The largest absolute Gasteiger partial charge is 0.497 e. The van der Waals surface area contributed by atoms with Gasteiger partial charge in [0.15, 0.2) is 5.78 Å². The van der Waals surface area contributed by atoms with Gasteiger partial charge < -0.3 is 4.74 Å². The maximum absolute atomic E-state index is 12.4. The Bertz CT molecular complexity index is 642. The zero-order valence-electron chi connectivity index (χ0n) is 10.8. The second-order valence-electron chi connectivity index (χ2n) is 4.21. The monoisotopic (exact) mass is 285 g/mol. The quantitative estimate of drug-likeness (QED) is 0.802. The summed E-state index contributed by atoms with van der Waals surface area (Å²) in [6.45, 7) is 0. The van der Waals surface area contributed by atoms with Crippen molar-refractivity contribution < 1.29 is 9.53 Å². The van der Waals surface area contributed by atoms with Crippen molar-refractivity contribution >= 4 is 17.4 Å². The number of carbonyl (C=O) groups excluding carboxylic acids is 1. The van der Waals surface area contributed by atoms with Crippen LogP contribution in [0.15, 0.2) is 48.5 Å². The second-order valence-corrected chi connectivity index (χ2v) is 4.64. The highest BCUT2D eigenvalue weighted by Crippen LogP contribution is 2.23. The van der Waals surface area contributed by atoms with Crippen molar-refractivity contribution in [3.05, 3.63) is 64.7 Å². The lowest BCUT2D eigenvalue weighted by Gasteiger charge is -2.09. The van der Waals surface area contributed by atoms with Crippen LogP contribution in [0.2, 0.25) is 5.02 Å². The summed E-state index contributed by atoms with van der Waals surface area (Å²) in [5.41, 5.74) is 1.12. The number of ketones is 1. The van der Waals surface area contributed by atoms with Gasteiger partial charge >= 0.3 is 0 Å². The third-order valence-corrected chi connectivity index (χ3v) is 3.22. The first-order valence-electron chi connectivity index (χ1n) is 5.99. The van der Waals surface area contributed by atoms with Gasteiger partial charge in [-0.25, -0.2) is 0 Å². The molecule has 2 rings (SSSR count). The molecule has 0 bridgehead atoms. The van der Waals surface area contributed by atoms with E-state index in [0.717, 1.165) is 0 Å². The number of rotatable bonds is 4. The van der Waals surface area contributed by atoms with Gasteiger partial charge in [0, 0.05) is 10.6 Å². The molecule has 0 aromatic heterocycles. The Labute approximate surface area is 122 Å². The minimum atomic E-state index is -0.833. The Balaban J connectivity index is 2.29. The number of methoxy groups -OCH3 is 1. The van der Waals surface area contributed by atoms with E-state index in [9.17, 15) is 10.1 Å². The third-order valence-electron chi connectivity index (χ3n) is 2.97. The molecule has 0 radical (unpaired) electrons. The molecule has 0 heterocycles. The fourth-order valence-corrected chi connectivity index (χ4v) is 1.99. The summed E-state index contributed by atoms with van der Waals surface area (Å²) in [6.07, 6.45) is 0. The summed E-state index contributed by atoms with van der Waals surface area (Å²) >= 11 is 5.81. The Morgan fingerprint density at radius 3 is 2.25 bits per heavy atom. The molecule has 0 aliphatic carbocycles. The third kappa shape index (κ3) is 2.98. The SMILES string of the molecule is COc1ccc(C(=O)C(C#N)c2ccc(Cl)cc2)cc1. The van der Waals surface area contributed by atoms with Crippen LogP contribution in [-0.2, 0) is 0 Å². The van der Waals surface area contributed by atoms with Gasteiger partial charge in [-0.2, -0.15) is 5.26 Å². The van der Waals surface area contributed by atoms with Crippen LogP contribution >= 0.6 is 11.6 Å². The number of benzene rings is 2. The Hall–Kier alpha value is -2.31. The highest BCUT2D eigenvalue weighted by molar-refractivity contribution is 6.30. The van der Waals surface area contributed by atoms with Crippen LogP contribution in [0.5, 0.6) is 5.75 Å². The average molecular weight is 286 g/mol. The molecule has 0 aliphatic rings. The number of Topliss-reactive ketones (excluding diaryl/α,β-unsaturated/α-hetero) is 1. The zero-order chi connectivity index (χ0) is 14.5. The number of ether oxygens (including phenoxy) is 1. The summed E-state index contributed by atoms with van der Waals surface area (Å²) in [5.74, 6) is -0.403. The first-order chi connectivity index (χ1) is 9.65. The second kappa shape index (κ2) is 6.23. The summed E-state index contributed by atoms with van der Waals surface area (Å²) < 4.78 is 5.04. The fraction of sp³-hybridized carbons (Fsp3) is 0.125. The van der Waals surface area contributed by atoms with E-state index in [1.165, 1.54) is 0 Å². The molecule has 0 spiro atoms. The van der Waals surface area contributed by atoms with Gasteiger partial charge in [0.25, 0.3) is 0 Å². The van der Waals surface area contributed by atoms with E-state index in [-0.39, 0.29) is 5.78 Å². The first-order valence-corrected chi connectivity index (χ1v) is 6.37. The Morgan fingerprint density at radius 1 is 1.15 bits per heavy atom. The molecule has 0 saturated heterocycles. The first kappa shape index (κ1) is 14.1. The summed E-state index contributed by atoms with van der Waals surface area (Å²) in [5, 5.41) is 9.82. The van der Waals surface area contributed by atoms with Crippen molar-refractivity contribution in [3.63, 3.8) is 0 Å². The normalized spacial score (nSPS) is 11.4. The molecule has 0 saturated carbocycles. The van der Waals surface area contributed by atoms with Crippen molar-refractivity contribution in [2.24, 2.45) is 0 Å². The maximum atomic E-state index is 12.4. The molecule has 1 unspecified atom stereocenters. The number of nitriles is 1. The van der Waals surface area contributed by atoms with Crippen LogP contribution in [0.4, 0.5) is 0 Å². The number of halogens is 1. The molecule has 2 aromatic carbocycles. The predicted molar refractivity (Wildman–Crippen MR) is 77.1 cm³/mol. The number of nitrogens with zero attached hydrogens (tertiary/aromatic N) is 1. The highest BCUT2D eigenvalue weighted by atomic mass is 35.5. The molecular formula is C16H12ClNO2. The van der Waals surface area contributed by atoms with E-state index in [0.29, 0.717) is 21.9 Å². The van der Waals surface area contributed by atoms with Crippen molar-refractivity contribution in [1.29, 1.82) is 5.26 Å². The van der Waals surface area contributed by atoms with Crippen molar-refractivity contribution in [3.8, 4) is 11.8 Å². The number of hydrogen-bond acceptors (Lipinski definition) is 3. The van der Waals surface area contributed by atoms with Gasteiger partial charge in [-0.15, -0.1) is 0 Å². The lowest BCUT2D eigenvalue weighted by atomic mass is 9.92. The summed E-state index contributed by atoms with van der Waals surface area (Å²) in [4.78, 5) is 12.4. The van der Waals surface area contributed by atoms with Crippen molar-refractivity contribution in [2.45, 2.75) is 5.92 Å². The zero-order valence-corrected chi connectivity index (χ0v) is 11.6. The van der Waals surface area contributed by atoms with Crippen LogP contribution in [-0.4, -0.2) is 12.9 Å². The molecule has 0 N–H and O–H groups in total. The van der Waals surface area contributed by atoms with E-state index >= 15 is 0 Å². The van der Waals surface area contributed by atoms with Gasteiger partial charge in [0.05, 0.1) is 13.2 Å². The van der Waals surface area contributed by atoms with Crippen molar-refractivity contribution in [1.82, 2.24) is 0 Å². The van der Waals surface area contributed by atoms with E-state index in [2.05, 4.69) is 0 Å². The molecule has 1 atom stereocenters. The summed E-state index contributed by atoms with van der Waals surface area (Å²) in [7, 11) is 1.56. The summed E-state index contributed by atoms with van der Waals surface area (Å²) in [6, 6.07) is 15.5. The number of carbonyl (C=O) groups is 1. The van der Waals surface area contributed by atoms with Crippen LogP contribution in [0, 0.1) is 11.3 Å². The van der Waals surface area contributed by atoms with Gasteiger partial charge in [0.1, 0.15) is 11.7 Å². The molecule has 100 valence electrons. The van der Waals surface area contributed by atoms with Crippen molar-refractivity contribution in [2.75, 3.05) is 7.11 Å². The standard InChI is InChI=1S/C16H12ClNO2/c1-20-14-8-4-12(5-9-14)16(19)15(10-18)11-2-6-13(17)7-3-11/h2-9,15H,1H3. The average Bonchev–Trinajstić information content (AvgIpc) is 2.50. The molecule has 4 heteroatoms. The predicted octanol–water partition coefficient (Wildman–Crippen LogP) is 3.84. The van der Waals surface area contributed by atoms with E-state index in [1.54, 1.807) is 55.6 Å². The topological polar surface area (TPSA) is 50.1 Å². The van der Waals surface area contributed by atoms with E-state index in [4.69, 9.17) is 16.3 Å². The number of hydrogen-bond donors (Lipinski definition) is 0. The van der Waals surface area contributed by atoms with E-state index in [1.807, 2.05) is 6.07 Å². The minimum absolute atomic E-state index is 0.238. The van der Waals surface area contributed by atoms with Gasteiger partial charge in [0.2, 0.25) is 0 Å². The van der Waals surface area contributed by atoms with Gasteiger partial charge in [-0.3, -0.25) is 4.79 Å². The molecule has 0 fully saturated rings. The smallest absolute Gasteiger partial charge is 0.184 e.